The number of hydrogen-bond acceptors (Lipinski definition) is 4. The van der Waals surface area contributed by atoms with E-state index in [1.165, 1.54) is 4.88 Å². The van der Waals surface area contributed by atoms with Gasteiger partial charge in [0.05, 0.1) is 22.1 Å². The Morgan fingerprint density at radius 2 is 2.26 bits per heavy atom. The van der Waals surface area contributed by atoms with Gasteiger partial charge in [0.2, 0.25) is 0 Å². The van der Waals surface area contributed by atoms with E-state index in [0.717, 1.165) is 28.1 Å². The van der Waals surface area contributed by atoms with Gasteiger partial charge in [-0.25, -0.2) is 0 Å². The molecule has 0 aromatic carbocycles. The highest BCUT2D eigenvalue weighted by Gasteiger charge is 2.40. The number of methoxy groups -OCH3 is 1. The van der Waals surface area contributed by atoms with Crippen LogP contribution < -0.4 is 5.32 Å². The molecule has 1 aliphatic rings. The smallest absolute Gasteiger partial charge is 0.170 e. The first kappa shape index (κ1) is 16.6. The molecule has 3 rings (SSSR count). The maximum Gasteiger partial charge on any atom is 0.170 e. The van der Waals surface area contributed by atoms with Gasteiger partial charge in [-0.3, -0.25) is 4.98 Å². The maximum atomic E-state index is 6.15. The van der Waals surface area contributed by atoms with Crippen LogP contribution in [0.25, 0.3) is 0 Å². The van der Waals surface area contributed by atoms with Crippen molar-refractivity contribution in [3.63, 3.8) is 0 Å². The zero-order chi connectivity index (χ0) is 16.2. The highest BCUT2D eigenvalue weighted by atomic mass is 35.5. The Morgan fingerprint density at radius 3 is 2.91 bits per heavy atom. The molecule has 1 fully saturated rings. The van der Waals surface area contributed by atoms with Gasteiger partial charge < -0.3 is 15.0 Å². The topological polar surface area (TPSA) is 37.4 Å². The van der Waals surface area contributed by atoms with Gasteiger partial charge in [0.15, 0.2) is 5.11 Å². The van der Waals surface area contributed by atoms with Gasteiger partial charge in [-0.15, -0.1) is 11.3 Å². The number of rotatable bonds is 6. The maximum absolute atomic E-state index is 6.15. The molecule has 0 amide bonds. The molecule has 3 heterocycles. The second kappa shape index (κ2) is 7.57. The lowest BCUT2D eigenvalue weighted by atomic mass is 10.0. The normalized spacial score (nSPS) is 20.8. The van der Waals surface area contributed by atoms with Gasteiger partial charge in [-0.05, 0) is 42.9 Å². The summed E-state index contributed by atoms with van der Waals surface area (Å²) in [5, 5.41) is 4.18. The number of thiocarbonyl (C=S) groups is 1. The van der Waals surface area contributed by atoms with Crippen molar-refractivity contribution in [3.05, 3.63) is 51.4 Å². The van der Waals surface area contributed by atoms with Crippen molar-refractivity contribution in [3.8, 4) is 0 Å². The molecule has 0 spiro atoms. The van der Waals surface area contributed by atoms with Crippen LogP contribution >= 0.6 is 35.2 Å². The molecule has 4 nitrogen and oxygen atoms in total. The highest BCUT2D eigenvalue weighted by Crippen LogP contribution is 2.42. The third kappa shape index (κ3) is 3.66. The standard InChI is InChI=1S/C16H18ClN3OS2/c1-21-10-4-9-20-15(12-6-7-13(17)23-12)14(19-16(20)22)11-5-2-3-8-18-11/h2-3,5-8,14-15H,4,9-10H2,1H3,(H,19,22)/t14-,15+/m0/s1. The van der Waals surface area contributed by atoms with Crippen LogP contribution in [0.3, 0.4) is 0 Å². The van der Waals surface area contributed by atoms with Crippen LogP contribution in [0.1, 0.15) is 29.1 Å². The second-order valence-corrected chi connectivity index (χ2v) is 7.44. The molecule has 7 heteroatoms. The number of halogens is 1. The number of thiophene rings is 1. The summed E-state index contributed by atoms with van der Waals surface area (Å²) in [6, 6.07) is 10.1. The van der Waals surface area contributed by atoms with Crippen LogP contribution in [0.4, 0.5) is 0 Å². The summed E-state index contributed by atoms with van der Waals surface area (Å²) >= 11 is 13.3. The fourth-order valence-corrected chi connectivity index (χ4v) is 4.37. The first-order valence-corrected chi connectivity index (χ1v) is 9.03. The number of hydrogen-bond donors (Lipinski definition) is 1. The third-order valence-corrected chi connectivity index (χ3v) is 5.48. The highest BCUT2D eigenvalue weighted by molar-refractivity contribution is 7.80. The molecule has 2 aromatic heterocycles. The molecule has 0 bridgehead atoms. The molecular formula is C16H18ClN3OS2. The minimum Gasteiger partial charge on any atom is -0.385 e. The summed E-state index contributed by atoms with van der Waals surface area (Å²) in [6.07, 6.45) is 2.73. The van der Waals surface area contributed by atoms with E-state index in [0.29, 0.717) is 6.61 Å². The predicted molar refractivity (Wildman–Crippen MR) is 98.0 cm³/mol. The van der Waals surface area contributed by atoms with Crippen molar-refractivity contribution in [2.24, 2.45) is 0 Å². The first-order valence-electron chi connectivity index (χ1n) is 7.43. The number of aromatic nitrogens is 1. The van der Waals surface area contributed by atoms with Crippen molar-refractivity contribution >= 4 is 40.3 Å². The first-order chi connectivity index (χ1) is 11.2. The van der Waals surface area contributed by atoms with E-state index < -0.39 is 0 Å². The molecule has 0 radical (unpaired) electrons. The van der Waals surface area contributed by atoms with Crippen LogP contribution in [-0.4, -0.2) is 35.3 Å². The average Bonchev–Trinajstić information content (AvgIpc) is 3.12. The van der Waals surface area contributed by atoms with Crippen molar-refractivity contribution in [2.75, 3.05) is 20.3 Å². The van der Waals surface area contributed by atoms with E-state index in [1.54, 1.807) is 18.4 Å². The summed E-state index contributed by atoms with van der Waals surface area (Å²) in [5.74, 6) is 0. The molecule has 2 aromatic rings. The molecule has 0 saturated carbocycles. The Labute approximate surface area is 150 Å². The Bertz CT molecular complexity index is 664. The molecule has 122 valence electrons. The van der Waals surface area contributed by atoms with Crippen molar-refractivity contribution < 1.29 is 4.74 Å². The summed E-state index contributed by atoms with van der Waals surface area (Å²) in [7, 11) is 1.72. The predicted octanol–water partition coefficient (Wildman–Crippen LogP) is 3.81. The lowest BCUT2D eigenvalue weighted by Crippen LogP contribution is -2.30. The summed E-state index contributed by atoms with van der Waals surface area (Å²) in [4.78, 5) is 7.92. The number of ether oxygens (including phenoxy) is 1. The molecule has 1 N–H and O–H groups in total. The molecule has 1 aliphatic heterocycles. The fourth-order valence-electron chi connectivity index (χ4n) is 2.82. The molecule has 1 saturated heterocycles. The van der Waals surface area contributed by atoms with Gasteiger partial charge in [0, 0.05) is 31.3 Å². The van der Waals surface area contributed by atoms with Crippen molar-refractivity contribution in [1.29, 1.82) is 0 Å². The summed E-state index contributed by atoms with van der Waals surface area (Å²) < 4.78 is 5.96. The fraction of sp³-hybridized carbons (Fsp3) is 0.375. The summed E-state index contributed by atoms with van der Waals surface area (Å²) in [6.45, 7) is 1.55. The number of nitrogens with one attached hydrogen (secondary N) is 1. The molecule has 0 unspecified atom stereocenters. The van der Waals surface area contributed by atoms with Gasteiger partial charge in [0.1, 0.15) is 0 Å². The monoisotopic (exact) mass is 367 g/mol. The van der Waals surface area contributed by atoms with E-state index in [9.17, 15) is 0 Å². The Kier molecular flexibility index (Phi) is 5.48. The van der Waals surface area contributed by atoms with Crippen LogP contribution in [0.15, 0.2) is 36.5 Å². The van der Waals surface area contributed by atoms with Crippen molar-refractivity contribution in [2.45, 2.75) is 18.5 Å². The number of pyridine rings is 1. The largest absolute Gasteiger partial charge is 0.385 e. The summed E-state index contributed by atoms with van der Waals surface area (Å²) in [5.41, 5.74) is 0.985. The molecule has 23 heavy (non-hydrogen) atoms. The van der Waals surface area contributed by atoms with Crippen LogP contribution in [0, 0.1) is 0 Å². The third-order valence-electron chi connectivity index (χ3n) is 3.83. The Morgan fingerprint density at radius 1 is 1.39 bits per heavy atom. The zero-order valence-corrected chi connectivity index (χ0v) is 15.1. The van der Waals surface area contributed by atoms with Crippen LogP contribution in [0.5, 0.6) is 0 Å². The van der Waals surface area contributed by atoms with Crippen LogP contribution in [0.2, 0.25) is 4.34 Å². The van der Waals surface area contributed by atoms with E-state index in [4.69, 9.17) is 28.6 Å². The number of nitrogens with zero attached hydrogens (tertiary/aromatic N) is 2. The SMILES string of the molecule is COCCCN1C(=S)N[C@@H](c2ccccn2)[C@H]1c1ccc(Cl)s1. The lowest BCUT2D eigenvalue weighted by Gasteiger charge is -2.26. The van der Waals surface area contributed by atoms with E-state index in [2.05, 4.69) is 21.3 Å². The molecular weight excluding hydrogens is 350 g/mol. The quantitative estimate of drug-likeness (QED) is 0.620. The van der Waals surface area contributed by atoms with Gasteiger partial charge >= 0.3 is 0 Å². The Balaban J connectivity index is 1.91. The second-order valence-electron chi connectivity index (χ2n) is 5.31. The minimum atomic E-state index is 0.0287. The Hall–Kier alpha value is -1.21. The zero-order valence-electron chi connectivity index (χ0n) is 12.7. The van der Waals surface area contributed by atoms with Gasteiger partial charge in [0.25, 0.3) is 0 Å². The van der Waals surface area contributed by atoms with Gasteiger partial charge in [-0.2, -0.15) is 0 Å². The van der Waals surface area contributed by atoms with E-state index >= 15 is 0 Å². The average molecular weight is 368 g/mol. The van der Waals surface area contributed by atoms with E-state index in [-0.39, 0.29) is 12.1 Å². The van der Waals surface area contributed by atoms with Crippen molar-refractivity contribution in [1.82, 2.24) is 15.2 Å². The lowest BCUT2D eigenvalue weighted by molar-refractivity contribution is 0.181. The van der Waals surface area contributed by atoms with Gasteiger partial charge in [-0.1, -0.05) is 17.7 Å². The molecule has 2 atom stereocenters. The van der Waals surface area contributed by atoms with Crippen LogP contribution in [-0.2, 0) is 4.74 Å². The minimum absolute atomic E-state index is 0.0287. The van der Waals surface area contributed by atoms with E-state index in [1.807, 2.05) is 30.5 Å². The molecule has 0 aliphatic carbocycles.